The van der Waals surface area contributed by atoms with Gasteiger partial charge in [-0.2, -0.15) is 0 Å². The highest BCUT2D eigenvalue weighted by atomic mass is 127. The lowest BCUT2D eigenvalue weighted by Gasteiger charge is -2.26. The van der Waals surface area contributed by atoms with Gasteiger partial charge in [0.2, 0.25) is 5.91 Å². The molecule has 3 rings (SSSR count). The largest absolute Gasteiger partial charge is 0.363 e. The van der Waals surface area contributed by atoms with Crippen LogP contribution in [0.15, 0.2) is 23.3 Å². The molecule has 1 aromatic rings. The third-order valence-electron chi connectivity index (χ3n) is 5.75. The Balaban J connectivity index is 0.00000300. The lowest BCUT2D eigenvalue weighted by molar-refractivity contribution is -0.135. The molecular weight excluding hydrogens is 479 g/mol. The number of carbonyl (C=O) groups excluding carboxylic acids is 1. The average Bonchev–Trinajstić information content (AvgIpc) is 3.20. The third-order valence-corrected chi connectivity index (χ3v) is 5.75. The summed E-state index contributed by atoms with van der Waals surface area (Å²) in [6, 6.07) is 4.34. The summed E-state index contributed by atoms with van der Waals surface area (Å²) in [5, 5.41) is 6.86. The van der Waals surface area contributed by atoms with Crippen LogP contribution in [0.3, 0.4) is 0 Å². The summed E-state index contributed by atoms with van der Waals surface area (Å²) in [5.74, 6) is 2.33. The summed E-state index contributed by atoms with van der Waals surface area (Å²) < 4.78 is 0. The van der Waals surface area contributed by atoms with Crippen LogP contribution in [0.5, 0.6) is 0 Å². The SMILES string of the molecule is CN=C(NCc1ccnc(N(C)C)c1)NC1CCN(C(=O)C2CCCCC2)C1.I. The number of likely N-dealkylation sites (tertiary alicyclic amines) is 1. The van der Waals surface area contributed by atoms with E-state index in [0.29, 0.717) is 12.5 Å². The van der Waals surface area contributed by atoms with Gasteiger partial charge in [0.05, 0.1) is 0 Å². The van der Waals surface area contributed by atoms with Gasteiger partial charge in [0.25, 0.3) is 0 Å². The molecule has 7 nitrogen and oxygen atoms in total. The number of aliphatic imine (C=N–C) groups is 1. The number of hydrogen-bond acceptors (Lipinski definition) is 4. The number of aromatic nitrogens is 1. The van der Waals surface area contributed by atoms with Crippen molar-refractivity contribution in [3.05, 3.63) is 23.9 Å². The molecule has 0 spiro atoms. The Morgan fingerprint density at radius 2 is 2.03 bits per heavy atom. The molecule has 1 unspecified atom stereocenters. The Labute approximate surface area is 191 Å². The molecule has 1 aromatic heterocycles. The van der Waals surface area contributed by atoms with E-state index in [0.717, 1.165) is 49.7 Å². The van der Waals surface area contributed by atoms with Crippen molar-refractivity contribution in [2.24, 2.45) is 10.9 Å². The Kier molecular flexibility index (Phi) is 9.45. The summed E-state index contributed by atoms with van der Waals surface area (Å²) in [6.45, 7) is 2.30. The Morgan fingerprint density at radius 1 is 1.28 bits per heavy atom. The van der Waals surface area contributed by atoms with E-state index in [4.69, 9.17) is 0 Å². The number of guanidine groups is 1. The molecule has 1 saturated heterocycles. The maximum Gasteiger partial charge on any atom is 0.225 e. The first kappa shape index (κ1) is 23.7. The van der Waals surface area contributed by atoms with Gasteiger partial charge >= 0.3 is 0 Å². The van der Waals surface area contributed by atoms with Crippen LogP contribution < -0.4 is 15.5 Å². The zero-order chi connectivity index (χ0) is 19.9. The van der Waals surface area contributed by atoms with Gasteiger partial charge in [-0.05, 0) is 37.0 Å². The monoisotopic (exact) mass is 514 g/mol. The number of halogens is 1. The highest BCUT2D eigenvalue weighted by molar-refractivity contribution is 14.0. The molecule has 2 heterocycles. The minimum Gasteiger partial charge on any atom is -0.363 e. The number of amides is 1. The van der Waals surface area contributed by atoms with Crippen molar-refractivity contribution in [1.29, 1.82) is 0 Å². The molecule has 2 fully saturated rings. The Hall–Kier alpha value is -1.58. The van der Waals surface area contributed by atoms with Crippen LogP contribution >= 0.6 is 24.0 Å². The fourth-order valence-electron chi connectivity index (χ4n) is 4.07. The minimum absolute atomic E-state index is 0. The van der Waals surface area contributed by atoms with Crippen LogP contribution in [0.4, 0.5) is 5.82 Å². The minimum atomic E-state index is 0. The quantitative estimate of drug-likeness (QED) is 0.359. The van der Waals surface area contributed by atoms with Gasteiger partial charge in [-0.25, -0.2) is 4.98 Å². The van der Waals surface area contributed by atoms with Gasteiger partial charge in [-0.15, -0.1) is 24.0 Å². The fraction of sp³-hybridized carbons (Fsp3) is 0.667. The summed E-state index contributed by atoms with van der Waals surface area (Å²) in [4.78, 5) is 25.5. The van der Waals surface area contributed by atoms with Gasteiger partial charge in [-0.3, -0.25) is 9.79 Å². The van der Waals surface area contributed by atoms with Crippen LogP contribution in [0, 0.1) is 5.92 Å². The highest BCUT2D eigenvalue weighted by Gasteiger charge is 2.31. The van der Waals surface area contributed by atoms with Crippen molar-refractivity contribution in [3.8, 4) is 0 Å². The molecule has 1 atom stereocenters. The Morgan fingerprint density at radius 3 is 2.72 bits per heavy atom. The molecule has 1 aliphatic heterocycles. The van der Waals surface area contributed by atoms with Crippen molar-refractivity contribution >= 4 is 41.7 Å². The number of hydrogen-bond donors (Lipinski definition) is 2. The lowest BCUT2D eigenvalue weighted by atomic mass is 9.88. The van der Waals surface area contributed by atoms with E-state index in [2.05, 4.69) is 26.7 Å². The van der Waals surface area contributed by atoms with E-state index < -0.39 is 0 Å². The number of nitrogens with zero attached hydrogens (tertiary/aromatic N) is 4. The summed E-state index contributed by atoms with van der Waals surface area (Å²) in [6.07, 6.45) is 8.62. The van der Waals surface area contributed by atoms with Crippen molar-refractivity contribution in [2.45, 2.75) is 51.1 Å². The molecule has 0 aromatic carbocycles. The summed E-state index contributed by atoms with van der Waals surface area (Å²) in [7, 11) is 5.76. The molecule has 2 aliphatic rings. The van der Waals surface area contributed by atoms with Crippen LogP contribution in [-0.2, 0) is 11.3 Å². The van der Waals surface area contributed by atoms with Crippen LogP contribution in [0.2, 0.25) is 0 Å². The predicted molar refractivity (Wildman–Crippen MR) is 129 cm³/mol. The van der Waals surface area contributed by atoms with E-state index in [9.17, 15) is 4.79 Å². The number of pyridine rings is 1. The molecule has 1 amide bonds. The van der Waals surface area contributed by atoms with E-state index in [1.807, 2.05) is 36.2 Å². The Bertz CT molecular complexity index is 690. The van der Waals surface area contributed by atoms with Crippen molar-refractivity contribution in [3.63, 3.8) is 0 Å². The molecule has 1 saturated carbocycles. The number of nitrogens with one attached hydrogen (secondary N) is 2. The smallest absolute Gasteiger partial charge is 0.225 e. The zero-order valence-corrected chi connectivity index (χ0v) is 20.2. The second-order valence-corrected chi connectivity index (χ2v) is 8.09. The van der Waals surface area contributed by atoms with E-state index in [1.165, 1.54) is 19.3 Å². The standard InChI is InChI=1S/C21H34N6O.HI/c1-22-21(24-14-16-9-11-23-19(13-16)26(2)3)25-18-10-12-27(15-18)20(28)17-7-5-4-6-8-17;/h9,11,13,17-18H,4-8,10,12,14-15H2,1-3H3,(H2,22,24,25);1H. The molecule has 162 valence electrons. The number of anilines is 1. The molecular formula is C21H35IN6O. The first-order chi connectivity index (χ1) is 13.6. The van der Waals surface area contributed by atoms with Gasteiger partial charge in [0.15, 0.2) is 5.96 Å². The second kappa shape index (κ2) is 11.6. The molecule has 0 radical (unpaired) electrons. The molecule has 0 bridgehead atoms. The summed E-state index contributed by atoms with van der Waals surface area (Å²) in [5.41, 5.74) is 1.15. The third kappa shape index (κ3) is 6.72. The topological polar surface area (TPSA) is 72.9 Å². The zero-order valence-electron chi connectivity index (χ0n) is 17.9. The molecule has 2 N–H and O–H groups in total. The fourth-order valence-corrected chi connectivity index (χ4v) is 4.07. The molecule has 8 heteroatoms. The number of carbonyl (C=O) groups is 1. The van der Waals surface area contributed by atoms with E-state index in [1.54, 1.807) is 7.05 Å². The normalized spacial score (nSPS) is 20.2. The van der Waals surface area contributed by atoms with E-state index >= 15 is 0 Å². The average molecular weight is 514 g/mol. The van der Waals surface area contributed by atoms with Crippen molar-refractivity contribution in [1.82, 2.24) is 20.5 Å². The summed E-state index contributed by atoms with van der Waals surface area (Å²) >= 11 is 0. The molecule has 1 aliphatic carbocycles. The predicted octanol–water partition coefficient (Wildman–Crippen LogP) is 2.61. The van der Waals surface area contributed by atoms with Gasteiger partial charge < -0.3 is 20.4 Å². The van der Waals surface area contributed by atoms with Crippen LogP contribution in [0.1, 0.15) is 44.1 Å². The van der Waals surface area contributed by atoms with Gasteiger partial charge in [-0.1, -0.05) is 19.3 Å². The van der Waals surface area contributed by atoms with Crippen LogP contribution in [0.25, 0.3) is 0 Å². The first-order valence-corrected chi connectivity index (χ1v) is 10.4. The van der Waals surface area contributed by atoms with Crippen molar-refractivity contribution < 1.29 is 4.79 Å². The molecule has 29 heavy (non-hydrogen) atoms. The highest BCUT2D eigenvalue weighted by Crippen LogP contribution is 2.26. The first-order valence-electron chi connectivity index (χ1n) is 10.4. The van der Waals surface area contributed by atoms with Crippen molar-refractivity contribution in [2.75, 3.05) is 39.1 Å². The second-order valence-electron chi connectivity index (χ2n) is 8.09. The maximum absolute atomic E-state index is 12.7. The number of rotatable bonds is 5. The maximum atomic E-state index is 12.7. The van der Waals surface area contributed by atoms with Gasteiger partial charge in [0, 0.05) is 58.9 Å². The van der Waals surface area contributed by atoms with Crippen LogP contribution in [-0.4, -0.2) is 62.0 Å². The lowest BCUT2D eigenvalue weighted by Crippen LogP contribution is -2.45. The van der Waals surface area contributed by atoms with E-state index in [-0.39, 0.29) is 35.9 Å². The van der Waals surface area contributed by atoms with Gasteiger partial charge in [0.1, 0.15) is 5.82 Å².